The van der Waals surface area contributed by atoms with E-state index in [4.69, 9.17) is 0 Å². The molecule has 0 heterocycles. The predicted octanol–water partition coefficient (Wildman–Crippen LogP) is 3.96. The van der Waals surface area contributed by atoms with E-state index < -0.39 is 0 Å². The average molecular weight is 180 g/mol. The first-order valence-electron chi connectivity index (χ1n) is 6.04. The van der Waals surface area contributed by atoms with Crippen LogP contribution in [0.2, 0.25) is 0 Å². The summed E-state index contributed by atoms with van der Waals surface area (Å²) in [6.45, 7) is 12.1. The van der Waals surface area contributed by atoms with Crippen molar-refractivity contribution in [2.75, 3.05) is 0 Å². The van der Waals surface area contributed by atoms with Crippen LogP contribution in [0.3, 0.4) is 0 Å². The first kappa shape index (κ1) is 9.55. The molecule has 2 aliphatic rings. The van der Waals surface area contributed by atoms with E-state index in [1.807, 2.05) is 0 Å². The Morgan fingerprint density at radius 3 is 2.15 bits per heavy atom. The molecule has 76 valence electrons. The van der Waals surface area contributed by atoms with Crippen molar-refractivity contribution in [2.24, 2.45) is 35.0 Å². The van der Waals surface area contributed by atoms with E-state index in [9.17, 15) is 0 Å². The zero-order valence-electron chi connectivity index (χ0n) is 9.80. The summed E-state index contributed by atoms with van der Waals surface area (Å²) in [7, 11) is 0. The van der Waals surface area contributed by atoms with Crippen molar-refractivity contribution in [2.45, 2.75) is 47.5 Å². The highest BCUT2D eigenvalue weighted by molar-refractivity contribution is 5.19. The third-order valence-corrected chi connectivity index (χ3v) is 5.04. The maximum Gasteiger partial charge on any atom is -0.0235 e. The molecular weight excluding hydrogens is 156 g/mol. The molecule has 5 unspecified atom stereocenters. The van der Waals surface area contributed by atoms with E-state index in [0.717, 1.165) is 35.0 Å². The molecule has 0 spiro atoms. The molecule has 0 N–H and O–H groups in total. The molecule has 0 radical (unpaired) electrons. The van der Waals surface area contributed by atoms with E-state index in [1.165, 1.54) is 12.8 Å². The van der Waals surface area contributed by atoms with Gasteiger partial charge in [0.2, 0.25) is 0 Å². The molecule has 13 heavy (non-hydrogen) atoms. The normalized spacial score (nSPS) is 53.1. The molecule has 0 saturated heterocycles. The highest BCUT2D eigenvalue weighted by Crippen LogP contribution is 2.77. The van der Waals surface area contributed by atoms with Gasteiger partial charge in [0.25, 0.3) is 0 Å². The molecule has 0 nitrogen and oxygen atoms in total. The summed E-state index contributed by atoms with van der Waals surface area (Å²) in [5.41, 5.74) is 0.748. The second-order valence-corrected chi connectivity index (χ2v) is 5.94. The summed E-state index contributed by atoms with van der Waals surface area (Å²) in [4.78, 5) is 0. The fourth-order valence-electron chi connectivity index (χ4n) is 4.52. The van der Waals surface area contributed by atoms with Gasteiger partial charge in [-0.15, -0.1) is 0 Å². The minimum absolute atomic E-state index is 0.748. The topological polar surface area (TPSA) is 0 Å². The predicted molar refractivity (Wildman–Crippen MR) is 57.5 cm³/mol. The van der Waals surface area contributed by atoms with Crippen LogP contribution in [0.15, 0.2) is 0 Å². The van der Waals surface area contributed by atoms with Gasteiger partial charge in [-0.1, -0.05) is 34.6 Å². The molecule has 0 amide bonds. The third-order valence-electron chi connectivity index (χ3n) is 5.04. The van der Waals surface area contributed by atoms with Gasteiger partial charge >= 0.3 is 0 Å². The van der Waals surface area contributed by atoms with Gasteiger partial charge in [-0.25, -0.2) is 0 Å². The number of fused-ring (bicyclic) bond motifs is 1. The number of hydrogen-bond donors (Lipinski definition) is 0. The van der Waals surface area contributed by atoms with Crippen molar-refractivity contribution in [1.82, 2.24) is 0 Å². The molecule has 2 fully saturated rings. The van der Waals surface area contributed by atoms with Gasteiger partial charge in [0.1, 0.15) is 0 Å². The van der Waals surface area contributed by atoms with Crippen LogP contribution in [-0.4, -0.2) is 0 Å². The summed E-state index contributed by atoms with van der Waals surface area (Å²) in [5, 5.41) is 0. The maximum absolute atomic E-state index is 2.50. The second kappa shape index (κ2) is 2.74. The van der Waals surface area contributed by atoms with Crippen LogP contribution in [0.5, 0.6) is 0 Å². The highest BCUT2D eigenvalue weighted by Gasteiger charge is 2.72. The Balaban J connectivity index is 2.09. The smallest absolute Gasteiger partial charge is 0.0235 e. The van der Waals surface area contributed by atoms with Crippen LogP contribution < -0.4 is 0 Å². The fraction of sp³-hybridized carbons (Fsp3) is 1.00. The summed E-state index contributed by atoms with van der Waals surface area (Å²) in [5.74, 6) is 5.17. The van der Waals surface area contributed by atoms with Gasteiger partial charge in [0.15, 0.2) is 0 Å². The van der Waals surface area contributed by atoms with Gasteiger partial charge in [-0.05, 0) is 47.8 Å². The Kier molecular flexibility index (Phi) is 2.02. The Morgan fingerprint density at radius 2 is 1.85 bits per heavy atom. The Morgan fingerprint density at radius 1 is 1.23 bits per heavy atom. The van der Waals surface area contributed by atoms with Gasteiger partial charge in [-0.2, -0.15) is 0 Å². The van der Waals surface area contributed by atoms with E-state index >= 15 is 0 Å². The molecule has 0 aromatic heterocycles. The summed E-state index contributed by atoms with van der Waals surface area (Å²) < 4.78 is 0. The van der Waals surface area contributed by atoms with Gasteiger partial charge in [-0.3, -0.25) is 0 Å². The lowest BCUT2D eigenvalue weighted by atomic mass is 9.56. The summed E-state index contributed by atoms with van der Waals surface area (Å²) in [6, 6.07) is 0. The number of rotatable bonds is 3. The molecule has 0 bridgehead atoms. The lowest BCUT2D eigenvalue weighted by molar-refractivity contribution is -0.00156. The summed E-state index contributed by atoms with van der Waals surface area (Å²) >= 11 is 0. The monoisotopic (exact) mass is 180 g/mol. The first-order chi connectivity index (χ1) is 6.04. The van der Waals surface area contributed by atoms with E-state index in [-0.39, 0.29) is 0 Å². The van der Waals surface area contributed by atoms with Crippen molar-refractivity contribution in [3.63, 3.8) is 0 Å². The Labute approximate surface area is 83.1 Å². The van der Waals surface area contributed by atoms with Crippen molar-refractivity contribution >= 4 is 0 Å². The van der Waals surface area contributed by atoms with Crippen LogP contribution in [0.4, 0.5) is 0 Å². The van der Waals surface area contributed by atoms with Crippen LogP contribution in [0, 0.1) is 35.0 Å². The van der Waals surface area contributed by atoms with Crippen molar-refractivity contribution in [1.29, 1.82) is 0 Å². The zero-order chi connectivity index (χ0) is 9.80. The van der Waals surface area contributed by atoms with E-state index in [1.54, 1.807) is 0 Å². The van der Waals surface area contributed by atoms with Crippen molar-refractivity contribution in [3.05, 3.63) is 0 Å². The van der Waals surface area contributed by atoms with Crippen LogP contribution in [-0.2, 0) is 0 Å². The average Bonchev–Trinajstić information content (AvgIpc) is 2.69. The SMILES string of the molecule is CCC1(CC(C)C)C(C)C2C(C)C21. The Bertz CT molecular complexity index is 198. The largest absolute Gasteiger partial charge is 0.0648 e. The highest BCUT2D eigenvalue weighted by atomic mass is 14.8. The molecule has 0 aliphatic heterocycles. The molecular formula is C13H24. The molecule has 2 rings (SSSR count). The zero-order valence-corrected chi connectivity index (χ0v) is 9.80. The lowest BCUT2D eigenvalue weighted by Crippen LogP contribution is -2.42. The second-order valence-electron chi connectivity index (χ2n) is 5.94. The van der Waals surface area contributed by atoms with Gasteiger partial charge < -0.3 is 0 Å². The van der Waals surface area contributed by atoms with Crippen LogP contribution >= 0.6 is 0 Å². The minimum Gasteiger partial charge on any atom is -0.0648 e. The maximum atomic E-state index is 2.50. The van der Waals surface area contributed by atoms with Crippen molar-refractivity contribution < 1.29 is 0 Å². The molecule has 2 saturated carbocycles. The van der Waals surface area contributed by atoms with Crippen molar-refractivity contribution in [3.8, 4) is 0 Å². The molecule has 2 aliphatic carbocycles. The number of hydrogen-bond acceptors (Lipinski definition) is 0. The third kappa shape index (κ3) is 1.04. The van der Waals surface area contributed by atoms with Crippen LogP contribution in [0.1, 0.15) is 47.5 Å². The van der Waals surface area contributed by atoms with E-state index in [0.29, 0.717) is 0 Å². The van der Waals surface area contributed by atoms with Crippen LogP contribution in [0.25, 0.3) is 0 Å². The molecule has 0 aromatic rings. The molecule has 5 atom stereocenters. The first-order valence-corrected chi connectivity index (χ1v) is 6.04. The quantitative estimate of drug-likeness (QED) is 0.616. The van der Waals surface area contributed by atoms with E-state index in [2.05, 4.69) is 34.6 Å². The van der Waals surface area contributed by atoms with Gasteiger partial charge in [0.05, 0.1) is 0 Å². The standard InChI is InChI=1S/C13H24/c1-6-13(7-8(2)3)10(5)11-9(4)12(11)13/h8-12H,6-7H2,1-5H3. The summed E-state index contributed by atoms with van der Waals surface area (Å²) in [6.07, 6.45) is 2.88. The fourth-order valence-corrected chi connectivity index (χ4v) is 4.52. The minimum atomic E-state index is 0.748. The Hall–Kier alpha value is 0. The van der Waals surface area contributed by atoms with Gasteiger partial charge in [0, 0.05) is 0 Å². The molecule has 0 heteroatoms. The molecule has 0 aromatic carbocycles. The lowest BCUT2D eigenvalue weighted by Gasteiger charge is -2.48.